The molecule has 0 saturated heterocycles. The van der Waals surface area contributed by atoms with E-state index in [1.54, 1.807) is 6.92 Å². The lowest BCUT2D eigenvalue weighted by Crippen LogP contribution is -2.35. The van der Waals surface area contributed by atoms with E-state index in [9.17, 15) is 19.2 Å². The van der Waals surface area contributed by atoms with Crippen LogP contribution in [0, 0.1) is 0 Å². The molecule has 1 aliphatic heterocycles. The first kappa shape index (κ1) is 16.9. The number of hydrogen-bond donors (Lipinski definition) is 0. The summed E-state index contributed by atoms with van der Waals surface area (Å²) in [6.45, 7) is 3.20. The minimum absolute atomic E-state index is 0.188. The summed E-state index contributed by atoms with van der Waals surface area (Å²) in [5.74, 6) is -1.51. The van der Waals surface area contributed by atoms with Crippen molar-refractivity contribution in [3.63, 3.8) is 0 Å². The summed E-state index contributed by atoms with van der Waals surface area (Å²) in [6.07, 6.45) is 1.61. The molecular formula is C17H19NO5. The molecule has 1 heterocycles. The number of fused-ring (bicyclic) bond motifs is 1. The van der Waals surface area contributed by atoms with E-state index in [0.29, 0.717) is 12.8 Å². The summed E-state index contributed by atoms with van der Waals surface area (Å²) in [4.78, 5) is 49.4. The summed E-state index contributed by atoms with van der Waals surface area (Å²) in [6, 6.07) is 4.33. The van der Waals surface area contributed by atoms with Gasteiger partial charge in [-0.15, -0.1) is 0 Å². The summed E-state index contributed by atoms with van der Waals surface area (Å²) < 4.78 is 4.93. The first-order valence-electron chi connectivity index (χ1n) is 7.63. The molecule has 0 unspecified atom stereocenters. The van der Waals surface area contributed by atoms with Gasteiger partial charge in [-0.3, -0.25) is 19.3 Å². The molecule has 0 fully saturated rings. The van der Waals surface area contributed by atoms with Gasteiger partial charge in [-0.25, -0.2) is 4.79 Å². The molecule has 0 aliphatic carbocycles. The number of benzene rings is 1. The maximum Gasteiger partial charge on any atom is 0.338 e. The van der Waals surface area contributed by atoms with Gasteiger partial charge >= 0.3 is 5.97 Å². The molecule has 1 aromatic carbocycles. The van der Waals surface area contributed by atoms with Crippen LogP contribution in [0.5, 0.6) is 0 Å². The van der Waals surface area contributed by atoms with Crippen LogP contribution in [-0.4, -0.2) is 30.2 Å². The van der Waals surface area contributed by atoms with Crippen LogP contribution in [0.4, 0.5) is 5.69 Å². The molecule has 6 nitrogen and oxygen atoms in total. The Morgan fingerprint density at radius 1 is 1.17 bits per heavy atom. The van der Waals surface area contributed by atoms with Crippen LogP contribution in [0.25, 0.3) is 0 Å². The van der Waals surface area contributed by atoms with Crippen molar-refractivity contribution in [2.75, 3.05) is 11.5 Å². The van der Waals surface area contributed by atoms with Gasteiger partial charge in [0.1, 0.15) is 0 Å². The van der Waals surface area contributed by atoms with Crippen LogP contribution >= 0.6 is 0 Å². The third-order valence-electron chi connectivity index (χ3n) is 3.66. The molecule has 0 N–H and O–H groups in total. The third kappa shape index (κ3) is 3.64. The molecule has 122 valence electrons. The molecule has 1 aromatic rings. The van der Waals surface area contributed by atoms with Gasteiger partial charge in [0.25, 0.3) is 0 Å². The first-order chi connectivity index (χ1) is 11.0. The van der Waals surface area contributed by atoms with E-state index < -0.39 is 11.9 Å². The lowest BCUT2D eigenvalue weighted by atomic mass is 10.0. The van der Waals surface area contributed by atoms with Gasteiger partial charge in [0.05, 0.1) is 17.9 Å². The van der Waals surface area contributed by atoms with Crippen molar-refractivity contribution in [1.82, 2.24) is 0 Å². The highest BCUT2D eigenvalue weighted by atomic mass is 16.5. The fourth-order valence-electron chi connectivity index (χ4n) is 2.58. The van der Waals surface area contributed by atoms with E-state index in [2.05, 4.69) is 0 Å². The minimum atomic E-state index is -0.538. The van der Waals surface area contributed by atoms with Crippen molar-refractivity contribution < 1.29 is 23.9 Å². The summed E-state index contributed by atoms with van der Waals surface area (Å²) in [7, 11) is 0. The number of carbonyl (C=O) groups is 4. The Morgan fingerprint density at radius 3 is 2.52 bits per heavy atom. The van der Waals surface area contributed by atoms with Crippen LogP contribution in [0.3, 0.4) is 0 Å². The fourth-order valence-corrected chi connectivity index (χ4v) is 2.58. The van der Waals surface area contributed by atoms with E-state index in [-0.39, 0.29) is 48.0 Å². The number of nitrogens with zero attached hydrogens (tertiary/aromatic N) is 1. The number of amides is 2. The maximum absolute atomic E-state index is 12.4. The average molecular weight is 317 g/mol. The fraction of sp³-hybridized carbons (Fsp3) is 0.412. The highest BCUT2D eigenvalue weighted by Crippen LogP contribution is 2.27. The van der Waals surface area contributed by atoms with E-state index in [1.807, 2.05) is 0 Å². The molecule has 1 aliphatic rings. The zero-order valence-electron chi connectivity index (χ0n) is 13.3. The number of ketones is 1. The van der Waals surface area contributed by atoms with E-state index in [0.717, 1.165) is 4.90 Å². The second-order valence-corrected chi connectivity index (χ2v) is 5.33. The Bertz CT molecular complexity index is 665. The minimum Gasteiger partial charge on any atom is -0.462 e. The van der Waals surface area contributed by atoms with Crippen LogP contribution < -0.4 is 4.90 Å². The highest BCUT2D eigenvalue weighted by Gasteiger charge is 2.27. The molecule has 6 heteroatoms. The monoisotopic (exact) mass is 317 g/mol. The normalized spacial score (nSPS) is 15.3. The number of rotatable bonds is 2. The van der Waals surface area contributed by atoms with Crippen LogP contribution in [0.2, 0.25) is 0 Å². The van der Waals surface area contributed by atoms with Gasteiger partial charge < -0.3 is 4.74 Å². The molecule has 0 atom stereocenters. The Morgan fingerprint density at radius 2 is 1.87 bits per heavy atom. The van der Waals surface area contributed by atoms with Gasteiger partial charge in [0.2, 0.25) is 11.8 Å². The average Bonchev–Trinajstić information content (AvgIpc) is 2.56. The summed E-state index contributed by atoms with van der Waals surface area (Å²) >= 11 is 0. The number of ether oxygens (including phenoxy) is 1. The highest BCUT2D eigenvalue weighted by molar-refractivity contribution is 6.18. The van der Waals surface area contributed by atoms with Gasteiger partial charge in [-0.2, -0.15) is 0 Å². The van der Waals surface area contributed by atoms with Crippen molar-refractivity contribution in [3.8, 4) is 0 Å². The Hall–Kier alpha value is -2.50. The van der Waals surface area contributed by atoms with E-state index in [4.69, 9.17) is 4.74 Å². The maximum atomic E-state index is 12.4. The zero-order chi connectivity index (χ0) is 17.0. The number of hydrogen-bond acceptors (Lipinski definition) is 5. The Labute approximate surface area is 134 Å². The number of Topliss-reactive ketones (excluding diaryl/α,β-unsaturated/α-hetero) is 1. The standard InChI is InChI=1S/C17H19NO5/c1-3-23-17(22)12-8-9-14-13(10-12)15(20)6-4-5-7-16(21)18(14)11(2)19/h8-10H,3-7H2,1-2H3. The number of carbonyl (C=O) groups excluding carboxylic acids is 4. The van der Waals surface area contributed by atoms with Crippen LogP contribution in [0.1, 0.15) is 60.2 Å². The predicted molar refractivity (Wildman–Crippen MR) is 83.4 cm³/mol. The molecule has 2 amide bonds. The van der Waals surface area contributed by atoms with Crippen molar-refractivity contribution in [2.45, 2.75) is 39.5 Å². The van der Waals surface area contributed by atoms with E-state index in [1.165, 1.54) is 25.1 Å². The topological polar surface area (TPSA) is 80.8 Å². The Kier molecular flexibility index (Phi) is 5.26. The summed E-state index contributed by atoms with van der Waals surface area (Å²) in [5.41, 5.74) is 0.678. The van der Waals surface area contributed by atoms with Gasteiger partial charge in [-0.1, -0.05) is 0 Å². The SMILES string of the molecule is CCOC(=O)c1ccc2c(c1)C(=O)CCCCC(=O)N2C(C)=O. The van der Waals surface area contributed by atoms with Crippen LogP contribution in [0.15, 0.2) is 18.2 Å². The molecule has 0 bridgehead atoms. The lowest BCUT2D eigenvalue weighted by Gasteiger charge is -2.21. The first-order valence-corrected chi connectivity index (χ1v) is 7.63. The number of imide groups is 1. The third-order valence-corrected chi connectivity index (χ3v) is 3.66. The molecule has 0 saturated carbocycles. The van der Waals surface area contributed by atoms with Gasteiger partial charge in [0.15, 0.2) is 5.78 Å². The van der Waals surface area contributed by atoms with Gasteiger partial charge in [0, 0.05) is 25.3 Å². The smallest absolute Gasteiger partial charge is 0.338 e. The lowest BCUT2D eigenvalue weighted by molar-refractivity contribution is -0.125. The molecule has 23 heavy (non-hydrogen) atoms. The zero-order valence-corrected chi connectivity index (χ0v) is 13.3. The molecular weight excluding hydrogens is 298 g/mol. The van der Waals surface area contributed by atoms with Crippen molar-refractivity contribution in [3.05, 3.63) is 29.3 Å². The summed E-state index contributed by atoms with van der Waals surface area (Å²) in [5, 5.41) is 0. The van der Waals surface area contributed by atoms with Crippen molar-refractivity contribution >= 4 is 29.3 Å². The second-order valence-electron chi connectivity index (χ2n) is 5.33. The quantitative estimate of drug-likeness (QED) is 0.783. The molecule has 0 radical (unpaired) electrons. The second kappa shape index (κ2) is 7.17. The van der Waals surface area contributed by atoms with Crippen molar-refractivity contribution in [2.24, 2.45) is 0 Å². The Balaban J connectivity index is 2.56. The molecule has 0 spiro atoms. The molecule has 0 aromatic heterocycles. The number of esters is 1. The number of anilines is 1. The predicted octanol–water partition coefficient (Wildman–Crippen LogP) is 2.50. The largest absolute Gasteiger partial charge is 0.462 e. The van der Waals surface area contributed by atoms with Crippen LogP contribution in [-0.2, 0) is 14.3 Å². The van der Waals surface area contributed by atoms with Gasteiger partial charge in [-0.05, 0) is 38.0 Å². The van der Waals surface area contributed by atoms with E-state index >= 15 is 0 Å². The van der Waals surface area contributed by atoms with Crippen molar-refractivity contribution in [1.29, 1.82) is 0 Å². The molecule has 2 rings (SSSR count).